The van der Waals surface area contributed by atoms with Crippen LogP contribution in [0.5, 0.6) is 11.5 Å². The van der Waals surface area contributed by atoms with Gasteiger partial charge < -0.3 is 24.2 Å². The molecule has 0 saturated heterocycles. The van der Waals surface area contributed by atoms with Crippen molar-refractivity contribution in [3.05, 3.63) is 59.7 Å². The maximum Gasteiger partial charge on any atom is 0.415 e. The lowest BCUT2D eigenvalue weighted by molar-refractivity contribution is -0.149. The molecule has 2 rings (SSSR count). The topological polar surface area (TPSA) is 85.3 Å². The molecule has 0 spiro atoms. The van der Waals surface area contributed by atoms with Gasteiger partial charge in [0, 0.05) is 19.6 Å². The van der Waals surface area contributed by atoms with Crippen molar-refractivity contribution >= 4 is 12.1 Å². The third kappa shape index (κ3) is 10.3. The molecule has 7 nitrogen and oxygen atoms in total. The van der Waals surface area contributed by atoms with E-state index in [0.29, 0.717) is 43.7 Å². The number of carbonyl (C=O) groups is 2. The van der Waals surface area contributed by atoms with E-state index in [2.05, 4.69) is 34.6 Å². The van der Waals surface area contributed by atoms with Crippen molar-refractivity contribution < 1.29 is 28.9 Å². The molecular formula is C29H41NO6. The fourth-order valence-corrected chi connectivity index (χ4v) is 3.48. The number of aliphatic carboxylic acids is 1. The van der Waals surface area contributed by atoms with Crippen LogP contribution in [0.2, 0.25) is 0 Å². The van der Waals surface area contributed by atoms with Crippen molar-refractivity contribution in [1.29, 1.82) is 0 Å². The maximum atomic E-state index is 12.9. The lowest BCUT2D eigenvalue weighted by atomic mass is 9.92. The zero-order chi connectivity index (χ0) is 26.7. The number of nitrogens with zero attached hydrogens (tertiary/aromatic N) is 1. The van der Waals surface area contributed by atoms with Gasteiger partial charge in [-0.3, -0.25) is 0 Å². The van der Waals surface area contributed by atoms with Crippen LogP contribution in [0, 0.1) is 5.41 Å². The van der Waals surface area contributed by atoms with Crippen LogP contribution in [0.4, 0.5) is 4.79 Å². The van der Waals surface area contributed by atoms with E-state index in [1.54, 1.807) is 24.0 Å². The van der Waals surface area contributed by atoms with E-state index in [9.17, 15) is 14.7 Å². The molecule has 0 bridgehead atoms. The standard InChI is InChI=1S/C29H41NO6/c1-7-34-26(27(31)32)20-22-8-12-24(13-9-22)35-19-18-30(17-16-29(4,5)6)28(33)36-25-14-10-23(11-15-25)21(2)3/h8-15,21,26H,7,16-20H2,1-6H3,(H,31,32). The van der Waals surface area contributed by atoms with Gasteiger partial charge in [0.05, 0.1) is 6.54 Å². The normalized spacial score (nSPS) is 12.3. The Morgan fingerprint density at radius 2 is 1.56 bits per heavy atom. The summed E-state index contributed by atoms with van der Waals surface area (Å²) in [6.45, 7) is 14.0. The third-order valence-corrected chi connectivity index (χ3v) is 5.76. The largest absolute Gasteiger partial charge is 0.492 e. The van der Waals surface area contributed by atoms with Crippen molar-refractivity contribution in [1.82, 2.24) is 4.90 Å². The minimum absolute atomic E-state index is 0.0728. The first kappa shape index (κ1) is 29.2. The summed E-state index contributed by atoms with van der Waals surface area (Å²) in [4.78, 5) is 25.9. The van der Waals surface area contributed by atoms with E-state index in [0.717, 1.165) is 12.0 Å². The second-order valence-electron chi connectivity index (χ2n) is 10.4. The van der Waals surface area contributed by atoms with Gasteiger partial charge in [-0.2, -0.15) is 0 Å². The zero-order valence-corrected chi connectivity index (χ0v) is 22.5. The van der Waals surface area contributed by atoms with Gasteiger partial charge in [0.1, 0.15) is 18.1 Å². The Labute approximate surface area is 215 Å². The second-order valence-corrected chi connectivity index (χ2v) is 10.4. The van der Waals surface area contributed by atoms with Crippen LogP contribution in [-0.4, -0.2) is 54.5 Å². The molecule has 0 aliphatic rings. The summed E-state index contributed by atoms with van der Waals surface area (Å²) in [7, 11) is 0. The maximum absolute atomic E-state index is 12.9. The van der Waals surface area contributed by atoms with Crippen molar-refractivity contribution in [2.45, 2.75) is 66.4 Å². The number of benzene rings is 2. The van der Waals surface area contributed by atoms with Gasteiger partial charge in [0.15, 0.2) is 6.10 Å². The summed E-state index contributed by atoms with van der Waals surface area (Å²) in [5, 5.41) is 9.26. The molecule has 0 heterocycles. The van der Waals surface area contributed by atoms with E-state index in [1.807, 2.05) is 36.4 Å². The first-order chi connectivity index (χ1) is 17.0. The Hall–Kier alpha value is -3.06. The van der Waals surface area contributed by atoms with Crippen molar-refractivity contribution in [3.63, 3.8) is 0 Å². The number of ether oxygens (including phenoxy) is 3. The minimum Gasteiger partial charge on any atom is -0.492 e. The monoisotopic (exact) mass is 499 g/mol. The Kier molecular flexibility index (Phi) is 11.2. The smallest absolute Gasteiger partial charge is 0.415 e. The van der Waals surface area contributed by atoms with E-state index in [4.69, 9.17) is 14.2 Å². The molecule has 2 aromatic rings. The van der Waals surface area contributed by atoms with Crippen LogP contribution in [0.25, 0.3) is 0 Å². The van der Waals surface area contributed by atoms with E-state index < -0.39 is 18.2 Å². The molecular weight excluding hydrogens is 458 g/mol. The Bertz CT molecular complexity index is 947. The molecule has 0 fully saturated rings. The van der Waals surface area contributed by atoms with Gasteiger partial charge in [0.25, 0.3) is 0 Å². The van der Waals surface area contributed by atoms with E-state index in [1.165, 1.54) is 5.56 Å². The fraction of sp³-hybridized carbons (Fsp3) is 0.517. The van der Waals surface area contributed by atoms with Crippen LogP contribution in [0.1, 0.15) is 65.0 Å². The van der Waals surface area contributed by atoms with Crippen molar-refractivity contribution in [2.24, 2.45) is 5.41 Å². The summed E-state index contributed by atoms with van der Waals surface area (Å²) in [6, 6.07) is 14.9. The van der Waals surface area contributed by atoms with Crippen LogP contribution in [0.3, 0.4) is 0 Å². The molecule has 1 amide bonds. The third-order valence-electron chi connectivity index (χ3n) is 5.76. The van der Waals surface area contributed by atoms with Crippen molar-refractivity contribution in [2.75, 3.05) is 26.3 Å². The number of carboxylic acid groups (broad SMARTS) is 1. The molecule has 36 heavy (non-hydrogen) atoms. The minimum atomic E-state index is -0.977. The number of hydrogen-bond donors (Lipinski definition) is 1. The van der Waals surface area contributed by atoms with Gasteiger partial charge in [-0.1, -0.05) is 58.9 Å². The number of carbonyl (C=O) groups excluding carboxylic acids is 1. The zero-order valence-electron chi connectivity index (χ0n) is 22.5. The molecule has 2 aromatic carbocycles. The Balaban J connectivity index is 1.95. The van der Waals surface area contributed by atoms with Crippen LogP contribution in [0.15, 0.2) is 48.5 Å². The number of amides is 1. The summed E-state index contributed by atoms with van der Waals surface area (Å²) in [5.41, 5.74) is 2.11. The summed E-state index contributed by atoms with van der Waals surface area (Å²) in [6.07, 6.45) is -0.154. The van der Waals surface area contributed by atoms with Crippen LogP contribution >= 0.6 is 0 Å². The molecule has 0 aliphatic heterocycles. The van der Waals surface area contributed by atoms with E-state index in [-0.39, 0.29) is 11.8 Å². The van der Waals surface area contributed by atoms with Gasteiger partial charge in [-0.15, -0.1) is 0 Å². The van der Waals surface area contributed by atoms with Gasteiger partial charge in [-0.05, 0) is 60.1 Å². The molecule has 0 aromatic heterocycles. The Morgan fingerprint density at radius 3 is 2.08 bits per heavy atom. The highest BCUT2D eigenvalue weighted by molar-refractivity contribution is 5.72. The molecule has 0 radical (unpaired) electrons. The molecule has 0 saturated carbocycles. The van der Waals surface area contributed by atoms with Crippen LogP contribution in [-0.2, 0) is 16.0 Å². The van der Waals surface area contributed by atoms with Crippen molar-refractivity contribution in [3.8, 4) is 11.5 Å². The Morgan fingerprint density at radius 1 is 0.944 bits per heavy atom. The first-order valence-corrected chi connectivity index (χ1v) is 12.6. The molecule has 1 atom stereocenters. The predicted molar refractivity (Wildman–Crippen MR) is 141 cm³/mol. The quantitative estimate of drug-likeness (QED) is 0.355. The summed E-state index contributed by atoms with van der Waals surface area (Å²) in [5.74, 6) is 0.603. The highest BCUT2D eigenvalue weighted by Crippen LogP contribution is 2.22. The summed E-state index contributed by atoms with van der Waals surface area (Å²) < 4.78 is 16.8. The lowest BCUT2D eigenvalue weighted by Gasteiger charge is -2.26. The molecule has 7 heteroatoms. The molecule has 198 valence electrons. The van der Waals surface area contributed by atoms with E-state index >= 15 is 0 Å². The highest BCUT2D eigenvalue weighted by Gasteiger charge is 2.20. The molecule has 0 aliphatic carbocycles. The number of hydrogen-bond acceptors (Lipinski definition) is 5. The predicted octanol–water partition coefficient (Wildman–Crippen LogP) is 6.16. The number of rotatable bonds is 13. The average molecular weight is 500 g/mol. The molecule has 1 N–H and O–H groups in total. The van der Waals surface area contributed by atoms with Gasteiger partial charge >= 0.3 is 12.1 Å². The highest BCUT2D eigenvalue weighted by atomic mass is 16.6. The van der Waals surface area contributed by atoms with Gasteiger partial charge in [0.2, 0.25) is 0 Å². The number of carboxylic acids is 1. The first-order valence-electron chi connectivity index (χ1n) is 12.6. The molecule has 1 unspecified atom stereocenters. The SMILES string of the molecule is CCOC(Cc1ccc(OCCN(CCC(C)(C)C)C(=O)Oc2ccc(C(C)C)cc2)cc1)C(=O)O. The fourth-order valence-electron chi connectivity index (χ4n) is 3.48. The summed E-state index contributed by atoms with van der Waals surface area (Å²) >= 11 is 0. The van der Waals surface area contributed by atoms with Crippen LogP contribution < -0.4 is 9.47 Å². The lowest BCUT2D eigenvalue weighted by Crippen LogP contribution is -2.38. The average Bonchev–Trinajstić information content (AvgIpc) is 2.81. The van der Waals surface area contributed by atoms with Gasteiger partial charge in [-0.25, -0.2) is 9.59 Å². The second kappa shape index (κ2) is 13.9.